The summed E-state index contributed by atoms with van der Waals surface area (Å²) in [6.45, 7) is 0. The zero-order valence-electron chi connectivity index (χ0n) is 41.6. The maximum absolute atomic E-state index is 15.2. The molecule has 0 unspecified atom stereocenters. The summed E-state index contributed by atoms with van der Waals surface area (Å²) in [5.41, 5.74) is 9.73. The van der Waals surface area contributed by atoms with Gasteiger partial charge in [-0.25, -0.2) is 48.3 Å². The molecule has 10 aromatic rings. The highest BCUT2D eigenvalue weighted by Crippen LogP contribution is 2.36. The monoisotopic (exact) mass is 1070 g/mol. The number of esters is 1. The Kier molecular flexibility index (Phi) is 16.1. The average molecular weight is 1070 g/mol. The molecule has 0 saturated heterocycles. The number of nitrogens with zero attached hydrogens (tertiary/aromatic N) is 6. The van der Waals surface area contributed by atoms with Gasteiger partial charge in [-0.15, -0.1) is 22.7 Å². The molecule has 20 heteroatoms. The lowest BCUT2D eigenvalue weighted by Crippen LogP contribution is -2.00. The Bertz CT molecular complexity index is 3850. The van der Waals surface area contributed by atoms with Gasteiger partial charge in [0.05, 0.1) is 57.7 Å². The van der Waals surface area contributed by atoms with E-state index in [9.17, 15) is 9.59 Å². The van der Waals surface area contributed by atoms with Crippen molar-refractivity contribution in [2.75, 3.05) is 46.2 Å². The molecule has 0 amide bonds. The molecule has 3 N–H and O–H groups in total. The Balaban J connectivity index is 0.000000188. The summed E-state index contributed by atoms with van der Waals surface area (Å²) in [7, 11) is 7.60. The van der Waals surface area contributed by atoms with E-state index in [0.29, 0.717) is 106 Å². The van der Waals surface area contributed by atoms with Crippen molar-refractivity contribution >= 4 is 102 Å². The Morgan fingerprint density at radius 3 is 1.34 bits per heavy atom. The van der Waals surface area contributed by atoms with Crippen LogP contribution in [-0.2, 0) is 4.74 Å². The van der Waals surface area contributed by atoms with Crippen LogP contribution in [0.1, 0.15) is 43.0 Å². The van der Waals surface area contributed by atoms with Crippen molar-refractivity contribution in [3.63, 3.8) is 0 Å². The molecule has 77 heavy (non-hydrogen) atoms. The minimum Gasteiger partial charge on any atom is -0.493 e. The van der Waals surface area contributed by atoms with Crippen molar-refractivity contribution in [3.8, 4) is 45.8 Å². The van der Waals surface area contributed by atoms with Crippen LogP contribution in [0.2, 0.25) is 0 Å². The van der Waals surface area contributed by atoms with E-state index in [-0.39, 0.29) is 5.56 Å². The molecule has 6 aromatic carbocycles. The highest BCUT2D eigenvalue weighted by atomic mass is 32.1. The molecule has 0 aliphatic carbocycles. The lowest BCUT2D eigenvalue weighted by atomic mass is 10.1. The van der Waals surface area contributed by atoms with Gasteiger partial charge in [0, 0.05) is 45.8 Å². The molecule has 0 spiro atoms. The van der Waals surface area contributed by atoms with Crippen LogP contribution in [0.25, 0.3) is 67.3 Å². The minimum atomic E-state index is -1.04. The van der Waals surface area contributed by atoms with Gasteiger partial charge in [0.2, 0.25) is 0 Å². The van der Waals surface area contributed by atoms with Crippen LogP contribution in [0, 0.1) is 0 Å². The van der Waals surface area contributed by atoms with Crippen LogP contribution in [0.15, 0.2) is 144 Å². The van der Waals surface area contributed by atoms with Crippen molar-refractivity contribution in [1.29, 1.82) is 0 Å². The summed E-state index contributed by atoms with van der Waals surface area (Å²) in [6, 6.07) is 37.1. The second-order valence-corrected chi connectivity index (χ2v) is 18.0. The van der Waals surface area contributed by atoms with Crippen molar-refractivity contribution in [2.45, 2.75) is 0 Å². The highest BCUT2D eigenvalue weighted by Gasteiger charge is 2.17. The predicted molar refractivity (Wildman–Crippen MR) is 296 cm³/mol. The maximum Gasteiger partial charge on any atom is 0.337 e. The van der Waals surface area contributed by atoms with Crippen molar-refractivity contribution < 1.29 is 47.2 Å². The normalized spacial score (nSPS) is 11.4. The van der Waals surface area contributed by atoms with E-state index in [1.807, 2.05) is 18.2 Å². The lowest BCUT2D eigenvalue weighted by molar-refractivity contribution is 0.0599. The molecule has 4 heterocycles. The summed E-state index contributed by atoms with van der Waals surface area (Å²) in [5, 5.41) is 15.6. The molecule has 10 rings (SSSR count). The Hall–Kier alpha value is -9.66. The number of thiazole rings is 2. The van der Waals surface area contributed by atoms with Gasteiger partial charge >= 0.3 is 11.9 Å². The zero-order valence-corrected chi connectivity index (χ0v) is 43.2. The molecule has 0 saturated carbocycles. The average Bonchev–Trinajstić information content (AvgIpc) is 4.17. The Labute approximate surface area is 447 Å². The molecule has 0 radical (unpaired) electrons. The van der Waals surface area contributed by atoms with E-state index in [4.69, 9.17) is 38.8 Å². The third kappa shape index (κ3) is 12.2. The molecule has 386 valence electrons. The molecule has 0 atom stereocenters. The number of carbonyl (C=O) groups excluding carboxylic acids is 1. The van der Waals surface area contributed by atoms with E-state index in [1.165, 1.54) is 54.1 Å². The van der Waals surface area contributed by atoms with Crippen LogP contribution >= 0.6 is 22.7 Å². The Morgan fingerprint density at radius 2 is 0.935 bits per heavy atom. The van der Waals surface area contributed by atoms with Crippen LogP contribution in [0.3, 0.4) is 0 Å². The number of anilines is 4. The molecule has 16 nitrogen and oxygen atoms in total. The van der Waals surface area contributed by atoms with Gasteiger partial charge in [-0.1, -0.05) is 60.7 Å². The standard InChI is InChI=1S/C29H23FN4O4S.C28H21FN4O4S/c1-36-23-12-11-21(15-24(23)37-2)32-27-25-28(39-16-31-25)34-26(33-27)20-6-4-5-19(14-20)22(30)13-17-7-9-18(10-8-17)29(35)38-3;1-36-22-11-10-20(14-23(22)37-2)31-26-24-27(38-15-30-24)33-25(32-26)19-5-3-4-18(13-19)21(29)12-16-6-8-17(9-7-16)28(34)35/h4-16H,1-3H3,(H,32,33,34);3-15H,1-2H3,(H,34,35)(H,31,32,33)/b22-13-;21-12-. The van der Waals surface area contributed by atoms with Gasteiger partial charge in [-0.05, 0) is 83.9 Å². The molecule has 4 aromatic heterocycles. The molecule has 0 fully saturated rings. The quantitative estimate of drug-likeness (QED) is 0.0608. The lowest BCUT2D eigenvalue weighted by Gasteiger charge is -2.12. The first kappa shape index (κ1) is 52.2. The number of aromatic nitrogens is 6. The van der Waals surface area contributed by atoms with E-state index in [0.717, 1.165) is 11.4 Å². The summed E-state index contributed by atoms with van der Waals surface area (Å²) < 4.78 is 56.5. The minimum absolute atomic E-state index is 0.137. The van der Waals surface area contributed by atoms with Crippen LogP contribution in [0.4, 0.5) is 31.8 Å². The largest absolute Gasteiger partial charge is 0.493 e. The van der Waals surface area contributed by atoms with Gasteiger partial charge in [-0.3, -0.25) is 0 Å². The summed E-state index contributed by atoms with van der Waals surface area (Å²) in [4.78, 5) is 51.6. The van der Waals surface area contributed by atoms with E-state index < -0.39 is 23.6 Å². The number of benzene rings is 6. The number of hydrogen-bond acceptors (Lipinski definition) is 17. The van der Waals surface area contributed by atoms with E-state index >= 15 is 8.78 Å². The number of nitrogens with one attached hydrogen (secondary N) is 2. The number of carboxylic acid groups (broad SMARTS) is 1. The second-order valence-electron chi connectivity index (χ2n) is 16.4. The van der Waals surface area contributed by atoms with E-state index in [1.54, 1.807) is 143 Å². The fraction of sp³-hybridized carbons (Fsp3) is 0.0877. The topological polar surface area (TPSA) is 202 Å². The number of rotatable bonds is 16. The molecular formula is C57H44F2N8O8S2. The van der Waals surface area contributed by atoms with Crippen molar-refractivity contribution in [1.82, 2.24) is 29.9 Å². The molecule has 0 aliphatic rings. The van der Waals surface area contributed by atoms with Crippen molar-refractivity contribution in [2.24, 2.45) is 0 Å². The summed E-state index contributed by atoms with van der Waals surface area (Å²) in [5.74, 6) is 1.79. The fourth-order valence-corrected chi connectivity index (χ4v) is 9.00. The van der Waals surface area contributed by atoms with Crippen LogP contribution < -0.4 is 29.6 Å². The van der Waals surface area contributed by atoms with Gasteiger partial charge in [0.25, 0.3) is 0 Å². The smallest absolute Gasteiger partial charge is 0.337 e. The molecule has 0 aliphatic heterocycles. The third-order valence-electron chi connectivity index (χ3n) is 11.6. The molecule has 0 bridgehead atoms. The van der Waals surface area contributed by atoms with Gasteiger partial charge in [0.1, 0.15) is 32.3 Å². The number of hydrogen-bond donors (Lipinski definition) is 3. The SMILES string of the molecule is COC(=O)c1ccc(/C=C(\F)c2cccc(-c3nc(Nc4ccc(OC)c(OC)c4)c4ncsc4n3)c2)cc1.COc1ccc(Nc2nc(-c3cccc(/C(F)=C/c4ccc(C(=O)O)cc4)c3)nc3scnc23)cc1OC. The number of carboxylic acids is 1. The van der Waals surface area contributed by atoms with Crippen LogP contribution in [0.5, 0.6) is 23.0 Å². The van der Waals surface area contributed by atoms with Crippen molar-refractivity contribution in [3.05, 3.63) is 178 Å². The predicted octanol–water partition coefficient (Wildman–Crippen LogP) is 13.4. The summed E-state index contributed by atoms with van der Waals surface area (Å²) in [6.07, 6.45) is 2.75. The second kappa shape index (κ2) is 23.7. The number of methoxy groups -OCH3 is 5. The number of carbonyl (C=O) groups is 2. The third-order valence-corrected chi connectivity index (χ3v) is 13.0. The van der Waals surface area contributed by atoms with Gasteiger partial charge < -0.3 is 39.4 Å². The molecular weight excluding hydrogens is 1030 g/mol. The zero-order chi connectivity index (χ0) is 54.0. The number of halogens is 2. The highest BCUT2D eigenvalue weighted by molar-refractivity contribution is 7.16. The number of aromatic carboxylic acids is 1. The number of ether oxygens (including phenoxy) is 5. The first-order valence-corrected chi connectivity index (χ1v) is 24.9. The fourth-order valence-electron chi connectivity index (χ4n) is 7.69. The van der Waals surface area contributed by atoms with Crippen LogP contribution in [-0.4, -0.2) is 82.5 Å². The van der Waals surface area contributed by atoms with E-state index in [2.05, 4.69) is 30.6 Å². The summed E-state index contributed by atoms with van der Waals surface area (Å²) >= 11 is 2.76. The number of fused-ring (bicyclic) bond motifs is 2. The first-order chi connectivity index (χ1) is 37.4. The first-order valence-electron chi connectivity index (χ1n) is 23.1. The Morgan fingerprint density at radius 1 is 0.506 bits per heavy atom. The maximum atomic E-state index is 15.2. The van der Waals surface area contributed by atoms with Gasteiger partial charge in [-0.2, -0.15) is 0 Å². The van der Waals surface area contributed by atoms with Gasteiger partial charge in [0.15, 0.2) is 46.3 Å².